The third kappa shape index (κ3) is 5.73. The Morgan fingerprint density at radius 1 is 1.37 bits per heavy atom. The molecule has 1 aromatic rings. The molecule has 2 saturated heterocycles. The normalized spacial score (nSPS) is 24.8. The standard InChI is InChI=1S/C19H34N6O2/c1-3-27-12-4-10-24-11-7-17(15(2)13-24)21-19(26)18-14-25(23-22-18)16-5-8-20-9-6-16/h14-17,20H,3-13H2,1-2H3,(H,21,26). The van der Waals surface area contributed by atoms with Crippen LogP contribution in [0.4, 0.5) is 0 Å². The minimum Gasteiger partial charge on any atom is -0.382 e. The van der Waals surface area contributed by atoms with Crippen LogP contribution in [0.15, 0.2) is 6.20 Å². The van der Waals surface area contributed by atoms with Gasteiger partial charge < -0.3 is 20.3 Å². The summed E-state index contributed by atoms with van der Waals surface area (Å²) < 4.78 is 7.28. The maximum Gasteiger partial charge on any atom is 0.273 e. The van der Waals surface area contributed by atoms with Gasteiger partial charge in [-0.2, -0.15) is 0 Å². The fourth-order valence-corrected chi connectivity index (χ4v) is 4.06. The summed E-state index contributed by atoms with van der Waals surface area (Å²) in [6.07, 6.45) is 5.91. The first-order chi connectivity index (χ1) is 13.2. The molecule has 0 saturated carbocycles. The lowest BCUT2D eigenvalue weighted by atomic mass is 9.93. The molecule has 0 bridgehead atoms. The smallest absolute Gasteiger partial charge is 0.273 e. The van der Waals surface area contributed by atoms with Crippen molar-refractivity contribution in [2.75, 3.05) is 45.9 Å². The Hall–Kier alpha value is -1.51. The molecule has 1 aromatic heterocycles. The van der Waals surface area contributed by atoms with Gasteiger partial charge >= 0.3 is 0 Å². The molecule has 2 fully saturated rings. The monoisotopic (exact) mass is 378 g/mol. The molecular formula is C19H34N6O2. The zero-order valence-corrected chi connectivity index (χ0v) is 16.7. The Morgan fingerprint density at radius 2 is 2.19 bits per heavy atom. The lowest BCUT2D eigenvalue weighted by Crippen LogP contribution is -2.50. The van der Waals surface area contributed by atoms with Crippen molar-refractivity contribution >= 4 is 5.91 Å². The number of hydrogen-bond donors (Lipinski definition) is 2. The van der Waals surface area contributed by atoms with E-state index in [-0.39, 0.29) is 11.9 Å². The van der Waals surface area contributed by atoms with Crippen molar-refractivity contribution in [3.05, 3.63) is 11.9 Å². The minimum absolute atomic E-state index is 0.100. The van der Waals surface area contributed by atoms with Crippen LogP contribution in [-0.4, -0.2) is 77.8 Å². The van der Waals surface area contributed by atoms with Crippen molar-refractivity contribution < 1.29 is 9.53 Å². The molecule has 8 heteroatoms. The summed E-state index contributed by atoms with van der Waals surface area (Å²) in [5, 5.41) is 14.8. The van der Waals surface area contributed by atoms with Crippen LogP contribution in [0.5, 0.6) is 0 Å². The Labute approximate surface area is 162 Å². The van der Waals surface area contributed by atoms with E-state index < -0.39 is 0 Å². The number of nitrogens with one attached hydrogen (secondary N) is 2. The van der Waals surface area contributed by atoms with Crippen LogP contribution in [0.3, 0.4) is 0 Å². The molecule has 2 atom stereocenters. The molecule has 2 aliphatic heterocycles. The number of ether oxygens (including phenoxy) is 1. The first-order valence-corrected chi connectivity index (χ1v) is 10.4. The van der Waals surface area contributed by atoms with Gasteiger partial charge in [0.15, 0.2) is 5.69 Å². The van der Waals surface area contributed by atoms with Crippen molar-refractivity contribution in [2.24, 2.45) is 5.92 Å². The summed E-state index contributed by atoms with van der Waals surface area (Å²) >= 11 is 0. The van der Waals surface area contributed by atoms with E-state index in [0.717, 1.165) is 71.6 Å². The molecule has 0 radical (unpaired) electrons. The first-order valence-electron chi connectivity index (χ1n) is 10.4. The first kappa shape index (κ1) is 20.2. The molecule has 0 aromatic carbocycles. The van der Waals surface area contributed by atoms with E-state index in [4.69, 9.17) is 4.74 Å². The van der Waals surface area contributed by atoms with Crippen LogP contribution in [0.25, 0.3) is 0 Å². The number of aromatic nitrogens is 3. The van der Waals surface area contributed by atoms with Gasteiger partial charge in [0.2, 0.25) is 0 Å². The maximum absolute atomic E-state index is 12.6. The third-order valence-electron chi connectivity index (χ3n) is 5.70. The molecule has 27 heavy (non-hydrogen) atoms. The lowest BCUT2D eigenvalue weighted by molar-refractivity contribution is 0.0839. The molecule has 8 nitrogen and oxygen atoms in total. The van der Waals surface area contributed by atoms with Gasteiger partial charge in [-0.05, 0) is 51.6 Å². The number of likely N-dealkylation sites (tertiary alicyclic amines) is 1. The summed E-state index contributed by atoms with van der Waals surface area (Å²) in [4.78, 5) is 15.1. The summed E-state index contributed by atoms with van der Waals surface area (Å²) in [5.41, 5.74) is 0.430. The van der Waals surface area contributed by atoms with E-state index in [2.05, 4.69) is 32.8 Å². The highest BCUT2D eigenvalue weighted by Crippen LogP contribution is 2.19. The van der Waals surface area contributed by atoms with Crippen molar-refractivity contribution in [1.82, 2.24) is 30.5 Å². The summed E-state index contributed by atoms with van der Waals surface area (Å²) in [5.74, 6) is 0.325. The van der Waals surface area contributed by atoms with Crippen LogP contribution >= 0.6 is 0 Å². The molecule has 2 unspecified atom stereocenters. The van der Waals surface area contributed by atoms with Crippen molar-refractivity contribution in [2.45, 2.75) is 51.6 Å². The molecule has 1 amide bonds. The van der Waals surface area contributed by atoms with Gasteiger partial charge in [0, 0.05) is 38.9 Å². The number of hydrogen-bond acceptors (Lipinski definition) is 6. The average Bonchev–Trinajstić information content (AvgIpc) is 3.18. The van der Waals surface area contributed by atoms with Crippen LogP contribution in [0.1, 0.15) is 56.1 Å². The van der Waals surface area contributed by atoms with Gasteiger partial charge in [-0.25, -0.2) is 4.68 Å². The van der Waals surface area contributed by atoms with Crippen LogP contribution in [0, 0.1) is 5.92 Å². The van der Waals surface area contributed by atoms with Crippen molar-refractivity contribution in [1.29, 1.82) is 0 Å². The summed E-state index contributed by atoms with van der Waals surface area (Å²) in [6.45, 7) is 10.9. The molecule has 0 aliphatic carbocycles. The van der Waals surface area contributed by atoms with E-state index in [1.165, 1.54) is 0 Å². The van der Waals surface area contributed by atoms with E-state index in [1.54, 1.807) is 6.20 Å². The highest BCUT2D eigenvalue weighted by atomic mass is 16.5. The topological polar surface area (TPSA) is 84.3 Å². The fraction of sp³-hybridized carbons (Fsp3) is 0.842. The van der Waals surface area contributed by atoms with Gasteiger partial charge in [-0.3, -0.25) is 4.79 Å². The van der Waals surface area contributed by atoms with Gasteiger partial charge in [-0.15, -0.1) is 5.10 Å². The van der Waals surface area contributed by atoms with Crippen LogP contribution in [0.2, 0.25) is 0 Å². The number of nitrogens with zero attached hydrogens (tertiary/aromatic N) is 4. The molecule has 3 heterocycles. The summed E-state index contributed by atoms with van der Waals surface area (Å²) in [7, 11) is 0. The lowest BCUT2D eigenvalue weighted by Gasteiger charge is -2.37. The molecule has 2 aliphatic rings. The van der Waals surface area contributed by atoms with E-state index >= 15 is 0 Å². The second-order valence-electron chi connectivity index (χ2n) is 7.76. The van der Waals surface area contributed by atoms with Gasteiger partial charge in [0.05, 0.1) is 12.2 Å². The Balaban J connectivity index is 1.45. The van der Waals surface area contributed by atoms with Crippen LogP contribution in [-0.2, 0) is 4.74 Å². The number of carbonyl (C=O) groups is 1. The molecule has 0 spiro atoms. The summed E-state index contributed by atoms with van der Waals surface area (Å²) in [6, 6.07) is 0.545. The highest BCUT2D eigenvalue weighted by molar-refractivity contribution is 5.92. The fourth-order valence-electron chi connectivity index (χ4n) is 4.06. The predicted molar refractivity (Wildman–Crippen MR) is 104 cm³/mol. The zero-order chi connectivity index (χ0) is 19.1. The molecule has 152 valence electrons. The second-order valence-corrected chi connectivity index (χ2v) is 7.76. The number of amides is 1. The molecule has 2 N–H and O–H groups in total. The van der Waals surface area contributed by atoms with Gasteiger partial charge in [0.25, 0.3) is 5.91 Å². The number of rotatable bonds is 8. The Bertz CT molecular complexity index is 587. The molecular weight excluding hydrogens is 344 g/mol. The largest absolute Gasteiger partial charge is 0.382 e. The second kappa shape index (κ2) is 10.1. The third-order valence-corrected chi connectivity index (χ3v) is 5.70. The van der Waals surface area contributed by atoms with Gasteiger partial charge in [0.1, 0.15) is 0 Å². The van der Waals surface area contributed by atoms with Crippen molar-refractivity contribution in [3.63, 3.8) is 0 Å². The van der Waals surface area contributed by atoms with Crippen LogP contribution < -0.4 is 10.6 Å². The SMILES string of the molecule is CCOCCCN1CCC(NC(=O)c2cn(C3CCNCC3)nn2)C(C)C1. The Morgan fingerprint density at radius 3 is 2.93 bits per heavy atom. The van der Waals surface area contributed by atoms with E-state index in [1.807, 2.05) is 11.6 Å². The average molecular weight is 379 g/mol. The molecule has 3 rings (SSSR count). The van der Waals surface area contributed by atoms with Crippen molar-refractivity contribution in [3.8, 4) is 0 Å². The minimum atomic E-state index is -0.100. The van der Waals surface area contributed by atoms with E-state index in [0.29, 0.717) is 17.7 Å². The van der Waals surface area contributed by atoms with Gasteiger partial charge in [-0.1, -0.05) is 12.1 Å². The predicted octanol–water partition coefficient (Wildman–Crippen LogP) is 1.07. The highest BCUT2D eigenvalue weighted by Gasteiger charge is 2.28. The number of carbonyl (C=O) groups excluding carboxylic acids is 1. The Kier molecular flexibility index (Phi) is 7.60. The zero-order valence-electron chi connectivity index (χ0n) is 16.7. The quantitative estimate of drug-likeness (QED) is 0.659. The number of piperidine rings is 2. The maximum atomic E-state index is 12.6. The van der Waals surface area contributed by atoms with E-state index in [9.17, 15) is 4.79 Å².